The summed E-state index contributed by atoms with van der Waals surface area (Å²) in [7, 11) is 0. The number of rotatable bonds is 8. The minimum Gasteiger partial charge on any atom is -0.384 e. The lowest BCUT2D eigenvalue weighted by atomic mass is 10.1. The highest BCUT2D eigenvalue weighted by molar-refractivity contribution is 6.00. The summed E-state index contributed by atoms with van der Waals surface area (Å²) in [6, 6.07) is 4.41. The number of non-ortho nitro benzene ring substituents is 1. The second kappa shape index (κ2) is 8.92. The highest BCUT2D eigenvalue weighted by Gasteiger charge is 2.18. The van der Waals surface area contributed by atoms with Gasteiger partial charge in [-0.2, -0.15) is 0 Å². The molecule has 7 heteroatoms. The molecule has 1 aromatic rings. The average Bonchev–Trinajstić information content (AvgIpc) is 2.60. The Balaban J connectivity index is 1.90. The Morgan fingerprint density at radius 2 is 1.92 bits per heavy atom. The molecular formula is C18H28N4O3. The van der Waals surface area contributed by atoms with Crippen LogP contribution >= 0.6 is 0 Å². The van der Waals surface area contributed by atoms with Crippen molar-refractivity contribution in [2.45, 2.75) is 20.8 Å². The molecule has 0 bridgehead atoms. The smallest absolute Gasteiger partial charge is 0.270 e. The standard InChI is InChI=1S/C18H28N4O3/c1-4-20-7-9-21(10-8-20)13-14(2)12-19-18-6-5-16(22(24)25)11-17(18)15(3)23/h5-6,11,14,19H,4,7-10,12-13H2,1-3H3/t14-/m1/s1. The highest BCUT2D eigenvalue weighted by atomic mass is 16.6. The number of piperazine rings is 1. The summed E-state index contributed by atoms with van der Waals surface area (Å²) in [5.41, 5.74) is 0.983. The summed E-state index contributed by atoms with van der Waals surface area (Å²) in [4.78, 5) is 27.1. The lowest BCUT2D eigenvalue weighted by molar-refractivity contribution is -0.384. The zero-order valence-corrected chi connectivity index (χ0v) is 15.3. The zero-order valence-electron chi connectivity index (χ0n) is 15.3. The minimum atomic E-state index is -0.477. The van der Waals surface area contributed by atoms with E-state index in [1.807, 2.05) is 0 Å². The van der Waals surface area contributed by atoms with Crippen LogP contribution < -0.4 is 5.32 Å². The zero-order chi connectivity index (χ0) is 18.4. The van der Waals surface area contributed by atoms with Crippen LogP contribution in [0.3, 0.4) is 0 Å². The normalized spacial score (nSPS) is 17.2. The molecule has 1 aromatic carbocycles. The average molecular weight is 348 g/mol. The maximum atomic E-state index is 11.8. The molecule has 1 N–H and O–H groups in total. The van der Waals surface area contributed by atoms with Gasteiger partial charge >= 0.3 is 0 Å². The van der Waals surface area contributed by atoms with Gasteiger partial charge < -0.3 is 15.1 Å². The summed E-state index contributed by atoms with van der Waals surface area (Å²) >= 11 is 0. The predicted molar refractivity (Wildman–Crippen MR) is 99.3 cm³/mol. The molecule has 0 amide bonds. The Hall–Kier alpha value is -1.99. The van der Waals surface area contributed by atoms with E-state index in [0.717, 1.165) is 45.8 Å². The second-order valence-electron chi connectivity index (χ2n) is 6.76. The lowest BCUT2D eigenvalue weighted by Crippen LogP contribution is -2.47. The van der Waals surface area contributed by atoms with Gasteiger partial charge in [-0.1, -0.05) is 13.8 Å². The number of Topliss-reactive ketones (excluding diaryl/α,β-unsaturated/α-hetero) is 1. The molecule has 2 rings (SSSR count). The number of benzene rings is 1. The molecule has 1 atom stereocenters. The van der Waals surface area contributed by atoms with Crippen LogP contribution in [0.25, 0.3) is 0 Å². The molecule has 0 spiro atoms. The third-order valence-electron chi connectivity index (χ3n) is 4.72. The molecule has 1 heterocycles. The number of nitrogens with zero attached hydrogens (tertiary/aromatic N) is 3. The number of nitro groups is 1. The third-order valence-corrected chi connectivity index (χ3v) is 4.72. The van der Waals surface area contributed by atoms with Crippen molar-refractivity contribution in [3.63, 3.8) is 0 Å². The molecule has 7 nitrogen and oxygen atoms in total. The van der Waals surface area contributed by atoms with Gasteiger partial charge in [-0.05, 0) is 25.5 Å². The SMILES string of the molecule is CCN1CCN(C[C@H](C)CNc2ccc([N+](=O)[O-])cc2C(C)=O)CC1. The minimum absolute atomic E-state index is 0.0578. The van der Waals surface area contributed by atoms with E-state index in [-0.39, 0.29) is 11.5 Å². The van der Waals surface area contributed by atoms with Crippen LogP contribution in [0, 0.1) is 16.0 Å². The van der Waals surface area contributed by atoms with Crippen LogP contribution in [-0.4, -0.2) is 66.3 Å². The largest absolute Gasteiger partial charge is 0.384 e. The number of likely N-dealkylation sites (N-methyl/N-ethyl adjacent to an activating group) is 1. The van der Waals surface area contributed by atoms with E-state index in [2.05, 4.69) is 29.0 Å². The predicted octanol–water partition coefficient (Wildman–Crippen LogP) is 2.48. The topological polar surface area (TPSA) is 78.7 Å². The number of anilines is 1. The maximum absolute atomic E-state index is 11.8. The van der Waals surface area contributed by atoms with E-state index in [0.29, 0.717) is 17.2 Å². The van der Waals surface area contributed by atoms with Crippen LogP contribution in [0.4, 0.5) is 11.4 Å². The van der Waals surface area contributed by atoms with Gasteiger partial charge in [0.25, 0.3) is 5.69 Å². The number of carbonyl (C=O) groups is 1. The lowest BCUT2D eigenvalue weighted by Gasteiger charge is -2.35. The number of hydrogen-bond acceptors (Lipinski definition) is 6. The van der Waals surface area contributed by atoms with E-state index in [1.54, 1.807) is 6.07 Å². The fourth-order valence-electron chi connectivity index (χ4n) is 3.17. The van der Waals surface area contributed by atoms with Crippen molar-refractivity contribution < 1.29 is 9.72 Å². The fraction of sp³-hybridized carbons (Fsp3) is 0.611. The van der Waals surface area contributed by atoms with Gasteiger partial charge in [0.05, 0.1) is 4.92 Å². The number of nitro benzene ring substituents is 1. The first-order valence-corrected chi connectivity index (χ1v) is 8.88. The number of nitrogens with one attached hydrogen (secondary N) is 1. The molecule has 0 aromatic heterocycles. The van der Waals surface area contributed by atoms with Crippen LogP contribution in [-0.2, 0) is 0 Å². The van der Waals surface area contributed by atoms with Crippen LogP contribution in [0.2, 0.25) is 0 Å². The number of carbonyl (C=O) groups excluding carboxylic acids is 1. The van der Waals surface area contributed by atoms with Gasteiger partial charge in [0.1, 0.15) is 0 Å². The number of ketones is 1. The molecule has 138 valence electrons. The first kappa shape index (κ1) is 19.3. The van der Waals surface area contributed by atoms with E-state index in [4.69, 9.17) is 0 Å². The van der Waals surface area contributed by atoms with Crippen LogP contribution in [0.1, 0.15) is 31.1 Å². The summed E-state index contributed by atoms with van der Waals surface area (Å²) < 4.78 is 0. The summed E-state index contributed by atoms with van der Waals surface area (Å²) in [6.45, 7) is 13.1. The van der Waals surface area contributed by atoms with Crippen molar-refractivity contribution in [1.29, 1.82) is 0 Å². The van der Waals surface area contributed by atoms with Crippen molar-refractivity contribution in [2.75, 3.05) is 51.1 Å². The van der Waals surface area contributed by atoms with Gasteiger partial charge in [-0.15, -0.1) is 0 Å². The molecule has 1 saturated heterocycles. The Morgan fingerprint density at radius 1 is 1.28 bits per heavy atom. The molecule has 0 saturated carbocycles. The molecule has 1 aliphatic rings. The van der Waals surface area contributed by atoms with Crippen LogP contribution in [0.15, 0.2) is 18.2 Å². The monoisotopic (exact) mass is 348 g/mol. The Morgan fingerprint density at radius 3 is 2.48 bits per heavy atom. The molecule has 25 heavy (non-hydrogen) atoms. The van der Waals surface area contributed by atoms with Crippen molar-refractivity contribution in [1.82, 2.24) is 9.80 Å². The molecule has 0 aliphatic carbocycles. The Labute approximate surface area is 149 Å². The Kier molecular flexibility index (Phi) is 6.90. The molecular weight excluding hydrogens is 320 g/mol. The van der Waals surface area contributed by atoms with E-state index in [9.17, 15) is 14.9 Å². The van der Waals surface area contributed by atoms with Crippen molar-refractivity contribution in [3.05, 3.63) is 33.9 Å². The van der Waals surface area contributed by atoms with E-state index >= 15 is 0 Å². The van der Waals surface area contributed by atoms with Crippen molar-refractivity contribution >= 4 is 17.2 Å². The quantitative estimate of drug-likeness (QED) is 0.442. The third kappa shape index (κ3) is 5.51. The number of hydrogen-bond donors (Lipinski definition) is 1. The van der Waals surface area contributed by atoms with Gasteiger partial charge in [0, 0.05) is 62.7 Å². The second-order valence-corrected chi connectivity index (χ2v) is 6.76. The first-order valence-electron chi connectivity index (χ1n) is 8.88. The van der Waals surface area contributed by atoms with Gasteiger partial charge in [0.15, 0.2) is 5.78 Å². The fourth-order valence-corrected chi connectivity index (χ4v) is 3.17. The molecule has 1 fully saturated rings. The van der Waals surface area contributed by atoms with Crippen LogP contribution in [0.5, 0.6) is 0 Å². The van der Waals surface area contributed by atoms with Crippen molar-refractivity contribution in [3.8, 4) is 0 Å². The van der Waals surface area contributed by atoms with Gasteiger partial charge in [0.2, 0.25) is 0 Å². The van der Waals surface area contributed by atoms with Gasteiger partial charge in [-0.25, -0.2) is 0 Å². The molecule has 0 radical (unpaired) electrons. The summed E-state index contributed by atoms with van der Waals surface area (Å²) in [5, 5.41) is 14.2. The molecule has 1 aliphatic heterocycles. The van der Waals surface area contributed by atoms with E-state index in [1.165, 1.54) is 19.1 Å². The molecule has 0 unspecified atom stereocenters. The van der Waals surface area contributed by atoms with Crippen molar-refractivity contribution in [2.24, 2.45) is 5.92 Å². The summed E-state index contributed by atoms with van der Waals surface area (Å²) in [6.07, 6.45) is 0. The van der Waals surface area contributed by atoms with E-state index < -0.39 is 4.92 Å². The summed E-state index contributed by atoms with van der Waals surface area (Å²) in [5.74, 6) is 0.248. The Bertz CT molecular complexity index is 612. The first-order chi connectivity index (χ1) is 11.9. The maximum Gasteiger partial charge on any atom is 0.270 e. The van der Waals surface area contributed by atoms with Gasteiger partial charge in [-0.3, -0.25) is 14.9 Å². The highest BCUT2D eigenvalue weighted by Crippen LogP contribution is 2.23.